The average molecular weight is 316 g/mol. The largest absolute Gasteiger partial charge is 0.444 e. The Kier molecular flexibility index (Phi) is 3.94. The molecule has 21 heavy (non-hydrogen) atoms. The lowest BCUT2D eigenvalue weighted by atomic mass is 9.68. The highest BCUT2D eigenvalue weighted by Crippen LogP contribution is 2.47. The number of rotatable bonds is 1. The van der Waals surface area contributed by atoms with Crippen molar-refractivity contribution in [3.05, 3.63) is 0 Å². The summed E-state index contributed by atoms with van der Waals surface area (Å²) in [7, 11) is -0.979. The van der Waals surface area contributed by atoms with Crippen molar-refractivity contribution >= 4 is 17.1 Å². The molecular formula is C15H28N2O3S. The first-order valence-electron chi connectivity index (χ1n) is 7.52. The van der Waals surface area contributed by atoms with Crippen molar-refractivity contribution in [1.29, 1.82) is 0 Å². The fourth-order valence-corrected chi connectivity index (χ4v) is 4.45. The van der Waals surface area contributed by atoms with E-state index >= 15 is 0 Å². The van der Waals surface area contributed by atoms with Gasteiger partial charge < -0.3 is 9.64 Å². The molecule has 2 saturated heterocycles. The number of likely N-dealkylation sites (tertiary alicyclic amines) is 1. The van der Waals surface area contributed by atoms with Crippen LogP contribution in [-0.2, 0) is 15.7 Å². The SMILES string of the molecule is CC1N(S(=O)C(C)(C)C)CC12CN(C(=O)OC(C)(C)C)C2. The number of nitrogens with zero attached hydrogens (tertiary/aromatic N) is 2. The van der Waals surface area contributed by atoms with Gasteiger partial charge in [0.05, 0.1) is 15.7 Å². The van der Waals surface area contributed by atoms with Crippen molar-refractivity contribution in [3.8, 4) is 0 Å². The molecule has 0 radical (unpaired) electrons. The minimum Gasteiger partial charge on any atom is -0.444 e. The summed E-state index contributed by atoms with van der Waals surface area (Å²) in [5.41, 5.74) is -0.345. The van der Waals surface area contributed by atoms with Crippen LogP contribution in [0.5, 0.6) is 0 Å². The lowest BCUT2D eigenvalue weighted by Gasteiger charge is -2.64. The molecule has 2 fully saturated rings. The second-order valence-corrected chi connectivity index (χ2v) is 10.5. The van der Waals surface area contributed by atoms with E-state index < -0.39 is 16.6 Å². The average Bonchev–Trinajstić information content (AvgIpc) is 2.21. The summed E-state index contributed by atoms with van der Waals surface area (Å²) in [5.74, 6) is 0. The van der Waals surface area contributed by atoms with Crippen LogP contribution in [0.1, 0.15) is 48.5 Å². The van der Waals surface area contributed by atoms with Gasteiger partial charge in [0.1, 0.15) is 5.60 Å². The first-order chi connectivity index (χ1) is 9.36. The zero-order chi connectivity index (χ0) is 16.2. The molecule has 2 unspecified atom stereocenters. The van der Waals surface area contributed by atoms with Gasteiger partial charge in [-0.25, -0.2) is 13.3 Å². The van der Waals surface area contributed by atoms with Crippen LogP contribution in [0.15, 0.2) is 0 Å². The van der Waals surface area contributed by atoms with Gasteiger partial charge in [0, 0.05) is 31.1 Å². The summed E-state index contributed by atoms with van der Waals surface area (Å²) in [4.78, 5) is 13.7. The Morgan fingerprint density at radius 3 is 2.05 bits per heavy atom. The van der Waals surface area contributed by atoms with Gasteiger partial charge in [-0.2, -0.15) is 0 Å². The minimum absolute atomic E-state index is 0.109. The van der Waals surface area contributed by atoms with E-state index in [1.54, 1.807) is 4.90 Å². The number of carbonyl (C=O) groups is 1. The van der Waals surface area contributed by atoms with Gasteiger partial charge in [-0.3, -0.25) is 0 Å². The molecule has 2 aliphatic rings. The van der Waals surface area contributed by atoms with Crippen LogP contribution in [0, 0.1) is 5.41 Å². The van der Waals surface area contributed by atoms with Crippen LogP contribution in [0.3, 0.4) is 0 Å². The summed E-state index contributed by atoms with van der Waals surface area (Å²) >= 11 is 0. The third kappa shape index (κ3) is 3.11. The van der Waals surface area contributed by atoms with Gasteiger partial charge in [0.2, 0.25) is 0 Å². The van der Waals surface area contributed by atoms with Gasteiger partial charge in [-0.15, -0.1) is 0 Å². The maximum atomic E-state index is 12.4. The Bertz CT molecular complexity index is 459. The first kappa shape index (κ1) is 16.7. The summed E-state index contributed by atoms with van der Waals surface area (Å²) in [6, 6.07) is 0.247. The topological polar surface area (TPSA) is 49.9 Å². The Balaban J connectivity index is 1.88. The standard InChI is InChI=1S/C15H28N2O3S/c1-11-15(10-17(11)21(19)14(5,6)7)8-16(9-15)12(18)20-13(2,3)4/h11H,8-10H2,1-7H3. The predicted octanol–water partition coefficient (Wildman–Crippen LogP) is 2.39. The van der Waals surface area contributed by atoms with Crippen molar-refractivity contribution in [1.82, 2.24) is 9.21 Å². The second-order valence-electron chi connectivity index (χ2n) is 8.31. The summed E-state index contributed by atoms with van der Waals surface area (Å²) < 4.78 is 19.6. The van der Waals surface area contributed by atoms with Crippen LogP contribution in [0.2, 0.25) is 0 Å². The Hall–Kier alpha value is -0.620. The van der Waals surface area contributed by atoms with Crippen molar-refractivity contribution in [2.24, 2.45) is 5.41 Å². The van der Waals surface area contributed by atoms with E-state index in [9.17, 15) is 9.00 Å². The molecule has 0 aliphatic carbocycles. The van der Waals surface area contributed by atoms with Crippen LogP contribution in [-0.4, -0.2) is 55.5 Å². The summed E-state index contributed by atoms with van der Waals surface area (Å²) in [5, 5.41) is 0. The maximum Gasteiger partial charge on any atom is 0.410 e. The van der Waals surface area contributed by atoms with Crippen LogP contribution >= 0.6 is 0 Å². The van der Waals surface area contributed by atoms with E-state index in [1.807, 2.05) is 45.8 Å². The molecule has 2 atom stereocenters. The van der Waals surface area contributed by atoms with Gasteiger partial charge in [0.25, 0.3) is 0 Å². The number of ether oxygens (including phenoxy) is 1. The minimum atomic E-state index is -0.979. The molecule has 0 aromatic heterocycles. The van der Waals surface area contributed by atoms with E-state index in [-0.39, 0.29) is 22.3 Å². The molecule has 1 amide bonds. The third-order valence-corrected chi connectivity index (χ3v) is 6.11. The zero-order valence-electron chi connectivity index (χ0n) is 14.2. The monoisotopic (exact) mass is 316 g/mol. The van der Waals surface area contributed by atoms with E-state index in [4.69, 9.17) is 4.74 Å². The molecule has 0 aromatic carbocycles. The second kappa shape index (κ2) is 4.95. The van der Waals surface area contributed by atoms with Gasteiger partial charge in [-0.1, -0.05) is 0 Å². The lowest BCUT2D eigenvalue weighted by molar-refractivity contribution is -0.117. The molecule has 2 aliphatic heterocycles. The lowest BCUT2D eigenvalue weighted by Crippen LogP contribution is -2.78. The maximum absolute atomic E-state index is 12.4. The number of hydrogen-bond acceptors (Lipinski definition) is 3. The van der Waals surface area contributed by atoms with Crippen molar-refractivity contribution in [2.45, 2.75) is 64.9 Å². The molecule has 0 aromatic rings. The van der Waals surface area contributed by atoms with Crippen LogP contribution in [0.25, 0.3) is 0 Å². The van der Waals surface area contributed by atoms with E-state index in [2.05, 4.69) is 6.92 Å². The highest BCUT2D eigenvalue weighted by Gasteiger charge is 2.61. The summed E-state index contributed by atoms with van der Waals surface area (Å²) in [6.07, 6.45) is -0.240. The Labute approximate surface area is 130 Å². The van der Waals surface area contributed by atoms with Crippen molar-refractivity contribution in [2.75, 3.05) is 19.6 Å². The first-order valence-corrected chi connectivity index (χ1v) is 8.63. The molecule has 0 saturated carbocycles. The molecule has 1 spiro atoms. The molecule has 0 N–H and O–H groups in total. The highest BCUT2D eigenvalue weighted by atomic mass is 32.2. The zero-order valence-corrected chi connectivity index (χ0v) is 15.0. The predicted molar refractivity (Wildman–Crippen MR) is 84.3 cm³/mol. The number of hydrogen-bond donors (Lipinski definition) is 0. The Morgan fingerprint density at radius 1 is 1.14 bits per heavy atom. The quantitative estimate of drug-likeness (QED) is 0.746. The molecular weight excluding hydrogens is 288 g/mol. The van der Waals surface area contributed by atoms with E-state index in [0.29, 0.717) is 13.1 Å². The molecule has 122 valence electrons. The molecule has 2 rings (SSSR count). The number of amides is 1. The van der Waals surface area contributed by atoms with Gasteiger partial charge in [-0.05, 0) is 48.5 Å². The summed E-state index contributed by atoms with van der Waals surface area (Å²) in [6.45, 7) is 15.9. The molecule has 5 nitrogen and oxygen atoms in total. The van der Waals surface area contributed by atoms with Crippen LogP contribution < -0.4 is 0 Å². The highest BCUT2D eigenvalue weighted by molar-refractivity contribution is 7.84. The number of carbonyl (C=O) groups excluding carboxylic acids is 1. The normalized spacial score (nSPS) is 27.0. The van der Waals surface area contributed by atoms with Crippen molar-refractivity contribution < 1.29 is 13.7 Å². The fourth-order valence-electron chi connectivity index (χ4n) is 2.86. The fraction of sp³-hybridized carbons (Fsp3) is 0.933. The molecule has 0 bridgehead atoms. The van der Waals surface area contributed by atoms with Crippen molar-refractivity contribution in [3.63, 3.8) is 0 Å². The third-order valence-electron chi connectivity index (χ3n) is 4.19. The van der Waals surface area contributed by atoms with Gasteiger partial charge >= 0.3 is 6.09 Å². The van der Waals surface area contributed by atoms with Gasteiger partial charge in [0.15, 0.2) is 0 Å². The molecule has 2 heterocycles. The van der Waals surface area contributed by atoms with E-state index in [0.717, 1.165) is 6.54 Å². The molecule has 6 heteroatoms. The smallest absolute Gasteiger partial charge is 0.410 e. The van der Waals surface area contributed by atoms with Crippen LogP contribution in [0.4, 0.5) is 4.79 Å². The Morgan fingerprint density at radius 2 is 1.67 bits per heavy atom. The van der Waals surface area contributed by atoms with E-state index in [1.165, 1.54) is 0 Å².